The summed E-state index contributed by atoms with van der Waals surface area (Å²) in [5.41, 5.74) is 0. The summed E-state index contributed by atoms with van der Waals surface area (Å²) < 4.78 is 4.54. The van der Waals surface area contributed by atoms with Gasteiger partial charge in [0.1, 0.15) is 6.04 Å². The maximum atomic E-state index is 10.9. The van der Waals surface area contributed by atoms with Gasteiger partial charge < -0.3 is 4.74 Å². The monoisotopic (exact) mass is 179 g/mol. The Bertz CT molecular complexity index is 254. The number of methoxy groups -OCH3 is 1. The summed E-state index contributed by atoms with van der Waals surface area (Å²) in [6, 6.07) is -0.410. The fraction of sp³-hybridized carbons (Fsp3) is 0.400. The second-order valence-electron chi connectivity index (χ2n) is 2.84. The number of carbonyl (C=O) groups is 1. The summed E-state index contributed by atoms with van der Waals surface area (Å²) in [5.74, 6) is -0.0747. The second-order valence-corrected chi connectivity index (χ2v) is 2.84. The first-order valence-corrected chi connectivity index (χ1v) is 4.20. The van der Waals surface area contributed by atoms with Crippen molar-refractivity contribution in [3.05, 3.63) is 24.3 Å². The van der Waals surface area contributed by atoms with E-state index in [9.17, 15) is 4.79 Å². The first kappa shape index (κ1) is 9.71. The molecule has 1 aliphatic carbocycles. The molecule has 1 rings (SSSR count). The molecule has 0 amide bonds. The molecule has 0 heterocycles. The zero-order chi connectivity index (χ0) is 9.68. The standard InChI is InChI=1S/C10H13NO2/c1-8(10(12)13-2)11-7-9-5-3-4-6-9/h3-9H,1-2H3/t8-/m0/s1. The number of carbonyl (C=O) groups excluding carboxylic acids is 1. The highest BCUT2D eigenvalue weighted by Crippen LogP contribution is 2.06. The van der Waals surface area contributed by atoms with Crippen LogP contribution >= 0.6 is 0 Å². The largest absolute Gasteiger partial charge is 0.467 e. The summed E-state index contributed by atoms with van der Waals surface area (Å²) in [6.07, 6.45) is 9.68. The Labute approximate surface area is 77.8 Å². The molecule has 0 bridgehead atoms. The zero-order valence-corrected chi connectivity index (χ0v) is 7.81. The van der Waals surface area contributed by atoms with Gasteiger partial charge in [-0.05, 0) is 6.92 Å². The van der Waals surface area contributed by atoms with Gasteiger partial charge in [0.2, 0.25) is 0 Å². The molecule has 0 aromatic rings. The number of ether oxygens (including phenoxy) is 1. The van der Waals surface area contributed by atoms with Crippen LogP contribution in [-0.2, 0) is 9.53 Å². The van der Waals surface area contributed by atoms with E-state index in [0.29, 0.717) is 0 Å². The third kappa shape index (κ3) is 2.86. The van der Waals surface area contributed by atoms with E-state index in [2.05, 4.69) is 9.73 Å². The maximum absolute atomic E-state index is 10.9. The average Bonchev–Trinajstić information content (AvgIpc) is 2.65. The molecule has 13 heavy (non-hydrogen) atoms. The van der Waals surface area contributed by atoms with Crippen molar-refractivity contribution < 1.29 is 9.53 Å². The normalized spacial score (nSPS) is 18.3. The Morgan fingerprint density at radius 3 is 2.69 bits per heavy atom. The lowest BCUT2D eigenvalue weighted by Gasteiger charge is -2.03. The van der Waals surface area contributed by atoms with Crippen LogP contribution in [0.2, 0.25) is 0 Å². The fourth-order valence-electron chi connectivity index (χ4n) is 1.01. The van der Waals surface area contributed by atoms with Gasteiger partial charge >= 0.3 is 5.97 Å². The van der Waals surface area contributed by atoms with Crippen molar-refractivity contribution in [2.24, 2.45) is 10.9 Å². The van der Waals surface area contributed by atoms with Crippen LogP contribution in [0.1, 0.15) is 6.92 Å². The fourth-order valence-corrected chi connectivity index (χ4v) is 1.01. The Kier molecular flexibility index (Phi) is 3.43. The molecular formula is C10H13NO2. The van der Waals surface area contributed by atoms with Gasteiger partial charge in [0.25, 0.3) is 0 Å². The van der Waals surface area contributed by atoms with Crippen molar-refractivity contribution in [3.8, 4) is 0 Å². The van der Waals surface area contributed by atoms with Gasteiger partial charge in [0, 0.05) is 12.1 Å². The lowest BCUT2D eigenvalue weighted by atomic mass is 10.2. The number of hydrogen-bond acceptors (Lipinski definition) is 3. The molecule has 3 nitrogen and oxygen atoms in total. The van der Waals surface area contributed by atoms with Crippen molar-refractivity contribution in [3.63, 3.8) is 0 Å². The van der Waals surface area contributed by atoms with E-state index in [1.54, 1.807) is 13.1 Å². The summed E-state index contributed by atoms with van der Waals surface area (Å²) in [5, 5.41) is 0. The highest BCUT2D eigenvalue weighted by Gasteiger charge is 2.10. The third-order valence-electron chi connectivity index (χ3n) is 1.80. The number of esters is 1. The summed E-state index contributed by atoms with van der Waals surface area (Å²) in [7, 11) is 1.36. The van der Waals surface area contributed by atoms with Crippen molar-refractivity contribution >= 4 is 12.2 Å². The highest BCUT2D eigenvalue weighted by molar-refractivity contribution is 5.78. The lowest BCUT2D eigenvalue weighted by molar-refractivity contribution is -0.141. The summed E-state index contributed by atoms with van der Waals surface area (Å²) in [4.78, 5) is 15.0. The van der Waals surface area contributed by atoms with E-state index in [1.165, 1.54) is 7.11 Å². The van der Waals surface area contributed by atoms with Crippen LogP contribution in [0.3, 0.4) is 0 Å². The molecule has 0 aromatic carbocycles. The van der Waals surface area contributed by atoms with E-state index in [4.69, 9.17) is 0 Å². The van der Waals surface area contributed by atoms with Crippen LogP contribution in [0, 0.1) is 5.92 Å². The van der Waals surface area contributed by atoms with Gasteiger partial charge in [-0.15, -0.1) is 0 Å². The molecule has 0 aliphatic heterocycles. The number of allylic oxidation sites excluding steroid dienone is 4. The summed E-state index contributed by atoms with van der Waals surface area (Å²) >= 11 is 0. The third-order valence-corrected chi connectivity index (χ3v) is 1.80. The molecule has 0 radical (unpaired) electrons. The number of aliphatic imine (C=N–C) groups is 1. The predicted molar refractivity (Wildman–Crippen MR) is 51.7 cm³/mol. The van der Waals surface area contributed by atoms with Crippen molar-refractivity contribution in [1.82, 2.24) is 0 Å². The minimum absolute atomic E-state index is 0.229. The quantitative estimate of drug-likeness (QED) is 0.484. The SMILES string of the molecule is COC(=O)[C@H](C)N=CC1C=CC=C1. The van der Waals surface area contributed by atoms with Gasteiger partial charge in [-0.3, -0.25) is 4.99 Å². The molecule has 0 unspecified atom stereocenters. The van der Waals surface area contributed by atoms with Crippen LogP contribution in [0.25, 0.3) is 0 Å². The van der Waals surface area contributed by atoms with Crippen LogP contribution in [0.15, 0.2) is 29.3 Å². The second kappa shape index (κ2) is 4.60. The van der Waals surface area contributed by atoms with E-state index in [0.717, 1.165) is 0 Å². The van der Waals surface area contributed by atoms with Crippen molar-refractivity contribution in [2.75, 3.05) is 7.11 Å². The molecule has 3 heteroatoms. The molecule has 0 N–H and O–H groups in total. The number of hydrogen-bond donors (Lipinski definition) is 0. The molecule has 70 valence electrons. The Hall–Kier alpha value is -1.38. The molecule has 0 aromatic heterocycles. The van der Waals surface area contributed by atoms with E-state index in [-0.39, 0.29) is 11.9 Å². The molecule has 0 saturated carbocycles. The molecule has 0 fully saturated rings. The minimum atomic E-state index is -0.410. The highest BCUT2D eigenvalue weighted by atomic mass is 16.5. The first-order valence-electron chi connectivity index (χ1n) is 4.20. The predicted octanol–water partition coefficient (Wildman–Crippen LogP) is 1.36. The van der Waals surface area contributed by atoms with Gasteiger partial charge in [0.05, 0.1) is 7.11 Å². The van der Waals surface area contributed by atoms with Crippen molar-refractivity contribution in [2.45, 2.75) is 13.0 Å². The van der Waals surface area contributed by atoms with Gasteiger partial charge in [-0.1, -0.05) is 24.3 Å². The van der Waals surface area contributed by atoms with Crippen LogP contribution in [0.4, 0.5) is 0 Å². The van der Waals surface area contributed by atoms with Gasteiger partial charge in [-0.25, -0.2) is 4.79 Å². The molecule has 1 aliphatic rings. The molecule has 0 spiro atoms. The number of nitrogens with zero attached hydrogens (tertiary/aromatic N) is 1. The van der Waals surface area contributed by atoms with Gasteiger partial charge in [-0.2, -0.15) is 0 Å². The molecule has 0 saturated heterocycles. The van der Waals surface area contributed by atoms with Crippen LogP contribution in [-0.4, -0.2) is 25.3 Å². The topological polar surface area (TPSA) is 38.7 Å². The summed E-state index contributed by atoms with van der Waals surface area (Å²) in [6.45, 7) is 1.71. The van der Waals surface area contributed by atoms with E-state index < -0.39 is 6.04 Å². The minimum Gasteiger partial charge on any atom is -0.467 e. The maximum Gasteiger partial charge on any atom is 0.330 e. The van der Waals surface area contributed by atoms with E-state index >= 15 is 0 Å². The van der Waals surface area contributed by atoms with Crippen LogP contribution in [0.5, 0.6) is 0 Å². The van der Waals surface area contributed by atoms with Crippen LogP contribution < -0.4 is 0 Å². The first-order chi connectivity index (χ1) is 6.24. The Balaban J connectivity index is 2.43. The zero-order valence-electron chi connectivity index (χ0n) is 7.81. The lowest BCUT2D eigenvalue weighted by Crippen LogP contribution is -2.16. The molecule has 1 atom stereocenters. The van der Waals surface area contributed by atoms with E-state index in [1.807, 2.05) is 24.3 Å². The Morgan fingerprint density at radius 1 is 1.54 bits per heavy atom. The number of rotatable bonds is 3. The van der Waals surface area contributed by atoms with Crippen molar-refractivity contribution in [1.29, 1.82) is 0 Å². The molecular weight excluding hydrogens is 166 g/mol. The van der Waals surface area contributed by atoms with Gasteiger partial charge in [0.15, 0.2) is 0 Å². The average molecular weight is 179 g/mol. The Morgan fingerprint density at radius 2 is 2.15 bits per heavy atom. The smallest absolute Gasteiger partial charge is 0.330 e.